The quantitative estimate of drug-likeness (QED) is 0.490. The first-order valence-electron chi connectivity index (χ1n) is 11.2. The molecule has 0 aromatic heterocycles. The first-order valence-corrected chi connectivity index (χ1v) is 12.0. The van der Waals surface area contributed by atoms with Gasteiger partial charge in [-0.3, -0.25) is 0 Å². The molecule has 31 heavy (non-hydrogen) atoms. The molecule has 2 aromatic rings. The number of hydrogen-bond acceptors (Lipinski definition) is 3. The maximum Gasteiger partial charge on any atom is 0.124 e. The normalized spacial score (nSPS) is 13.5. The van der Waals surface area contributed by atoms with E-state index in [1.807, 2.05) is 0 Å². The molecule has 0 aliphatic carbocycles. The molecular formula is C28H42O2S. The fourth-order valence-corrected chi connectivity index (χ4v) is 5.17. The minimum atomic E-state index is -0.204. The van der Waals surface area contributed by atoms with Crippen molar-refractivity contribution in [2.75, 3.05) is 0 Å². The molecule has 0 aliphatic heterocycles. The first kappa shape index (κ1) is 25.6. The van der Waals surface area contributed by atoms with Gasteiger partial charge in [-0.15, -0.1) is 0 Å². The van der Waals surface area contributed by atoms with Crippen LogP contribution in [0.2, 0.25) is 0 Å². The molecule has 0 amide bonds. The first-order chi connectivity index (χ1) is 13.7. The molecule has 2 N–H and O–H groups in total. The Morgan fingerprint density at radius 1 is 0.548 bits per heavy atom. The van der Waals surface area contributed by atoms with E-state index in [1.165, 1.54) is 0 Å². The van der Waals surface area contributed by atoms with Gasteiger partial charge in [0.2, 0.25) is 0 Å². The Kier molecular flexibility index (Phi) is 6.67. The molecule has 0 bridgehead atoms. The van der Waals surface area contributed by atoms with Crippen molar-refractivity contribution in [1.29, 1.82) is 0 Å². The highest BCUT2D eigenvalue weighted by Gasteiger charge is 2.30. The minimum absolute atomic E-state index is 0.134. The number of hydrogen-bond donors (Lipinski definition) is 2. The van der Waals surface area contributed by atoms with Crippen LogP contribution in [0.5, 0.6) is 11.5 Å². The van der Waals surface area contributed by atoms with Crippen molar-refractivity contribution in [1.82, 2.24) is 0 Å². The van der Waals surface area contributed by atoms with Crippen LogP contribution in [-0.2, 0) is 21.7 Å². The van der Waals surface area contributed by atoms with Gasteiger partial charge >= 0.3 is 0 Å². The summed E-state index contributed by atoms with van der Waals surface area (Å²) in [5.41, 5.74) is 3.17. The topological polar surface area (TPSA) is 40.5 Å². The average Bonchev–Trinajstić information content (AvgIpc) is 2.51. The number of phenolic OH excluding ortho intramolecular Hbond substituents is 2. The van der Waals surface area contributed by atoms with Gasteiger partial charge < -0.3 is 10.2 Å². The SMILES string of the molecule is CC(C)(C)c1cc(Sc2ccc(C(C)(C)C)c(O)c2C(C)(C)C)cc(C(C)(C)C)c1O. The molecule has 0 heterocycles. The summed E-state index contributed by atoms with van der Waals surface area (Å²) in [5.74, 6) is 0.794. The summed E-state index contributed by atoms with van der Waals surface area (Å²) in [6.45, 7) is 25.6. The smallest absolute Gasteiger partial charge is 0.124 e. The molecule has 0 fully saturated rings. The second kappa shape index (κ2) is 8.06. The van der Waals surface area contributed by atoms with E-state index in [9.17, 15) is 10.2 Å². The fourth-order valence-electron chi connectivity index (χ4n) is 3.93. The molecule has 2 rings (SSSR count). The summed E-state index contributed by atoms with van der Waals surface area (Å²) in [6.07, 6.45) is 0. The zero-order valence-electron chi connectivity index (χ0n) is 21.6. The Morgan fingerprint density at radius 2 is 0.968 bits per heavy atom. The van der Waals surface area contributed by atoms with Gasteiger partial charge in [0.05, 0.1) is 0 Å². The van der Waals surface area contributed by atoms with Crippen LogP contribution in [-0.4, -0.2) is 10.2 Å². The third-order valence-electron chi connectivity index (χ3n) is 5.62. The van der Waals surface area contributed by atoms with Gasteiger partial charge in [0, 0.05) is 26.5 Å². The molecule has 2 nitrogen and oxygen atoms in total. The molecule has 3 heteroatoms. The maximum atomic E-state index is 11.3. The Morgan fingerprint density at radius 3 is 1.32 bits per heavy atom. The number of benzene rings is 2. The van der Waals surface area contributed by atoms with Crippen molar-refractivity contribution in [3.05, 3.63) is 46.5 Å². The third-order valence-corrected chi connectivity index (χ3v) is 6.66. The van der Waals surface area contributed by atoms with E-state index in [-0.39, 0.29) is 21.7 Å². The van der Waals surface area contributed by atoms with Gasteiger partial charge in [0.25, 0.3) is 0 Å². The summed E-state index contributed by atoms with van der Waals surface area (Å²) in [7, 11) is 0. The third kappa shape index (κ3) is 5.61. The summed E-state index contributed by atoms with van der Waals surface area (Å²) in [4.78, 5) is 2.14. The van der Waals surface area contributed by atoms with Gasteiger partial charge in [0.1, 0.15) is 11.5 Å². The van der Waals surface area contributed by atoms with Crippen molar-refractivity contribution in [3.63, 3.8) is 0 Å². The summed E-state index contributed by atoms with van der Waals surface area (Å²) < 4.78 is 0. The van der Waals surface area contributed by atoms with Crippen LogP contribution < -0.4 is 0 Å². The number of phenols is 2. The number of rotatable bonds is 2. The highest BCUT2D eigenvalue weighted by atomic mass is 32.2. The zero-order valence-corrected chi connectivity index (χ0v) is 22.4. The average molecular weight is 443 g/mol. The van der Waals surface area contributed by atoms with Crippen LogP contribution in [0.1, 0.15) is 105 Å². The second-order valence-corrected chi connectivity index (χ2v) is 13.9. The van der Waals surface area contributed by atoms with Crippen LogP contribution >= 0.6 is 11.8 Å². The largest absolute Gasteiger partial charge is 0.507 e. The van der Waals surface area contributed by atoms with Crippen LogP contribution in [0.4, 0.5) is 0 Å². The van der Waals surface area contributed by atoms with Gasteiger partial charge in [0.15, 0.2) is 0 Å². The molecule has 0 unspecified atom stereocenters. The van der Waals surface area contributed by atoms with Gasteiger partial charge in [-0.1, -0.05) is 101 Å². The van der Waals surface area contributed by atoms with Crippen molar-refractivity contribution in [3.8, 4) is 11.5 Å². The zero-order chi connectivity index (χ0) is 24.2. The highest BCUT2D eigenvalue weighted by Crippen LogP contribution is 2.48. The van der Waals surface area contributed by atoms with Crippen LogP contribution in [0.15, 0.2) is 34.1 Å². The van der Waals surface area contributed by atoms with Crippen molar-refractivity contribution < 1.29 is 10.2 Å². The predicted molar refractivity (Wildman–Crippen MR) is 135 cm³/mol. The fraction of sp³-hybridized carbons (Fsp3) is 0.571. The van der Waals surface area contributed by atoms with Gasteiger partial charge in [-0.2, -0.15) is 0 Å². The van der Waals surface area contributed by atoms with Crippen LogP contribution in [0, 0.1) is 0 Å². The van der Waals surface area contributed by atoms with E-state index in [0.717, 1.165) is 32.0 Å². The number of aromatic hydroxyl groups is 2. The van der Waals surface area contributed by atoms with E-state index in [0.29, 0.717) is 11.5 Å². The predicted octanol–water partition coefficient (Wildman–Crippen LogP) is 8.44. The molecule has 0 atom stereocenters. The van der Waals surface area contributed by atoms with E-state index >= 15 is 0 Å². The molecule has 0 spiro atoms. The monoisotopic (exact) mass is 442 g/mol. The lowest BCUT2D eigenvalue weighted by molar-refractivity contribution is 0.418. The highest BCUT2D eigenvalue weighted by molar-refractivity contribution is 7.99. The Bertz CT molecular complexity index is 924. The van der Waals surface area contributed by atoms with E-state index in [4.69, 9.17) is 0 Å². The van der Waals surface area contributed by atoms with Crippen LogP contribution in [0.3, 0.4) is 0 Å². The van der Waals surface area contributed by atoms with Gasteiger partial charge in [-0.25, -0.2) is 0 Å². The molecule has 0 aliphatic rings. The summed E-state index contributed by atoms with van der Waals surface area (Å²) >= 11 is 1.67. The summed E-state index contributed by atoms with van der Waals surface area (Å²) in [5, 5.41) is 22.3. The summed E-state index contributed by atoms with van der Waals surface area (Å²) in [6, 6.07) is 8.42. The molecule has 0 saturated heterocycles. The Labute approximate surface area is 194 Å². The van der Waals surface area contributed by atoms with Gasteiger partial charge in [-0.05, 0) is 45.4 Å². The lowest BCUT2D eigenvalue weighted by Crippen LogP contribution is -2.18. The van der Waals surface area contributed by atoms with E-state index in [1.54, 1.807) is 11.8 Å². The van der Waals surface area contributed by atoms with Crippen molar-refractivity contribution >= 4 is 11.8 Å². The Hall–Kier alpha value is -1.61. The molecule has 0 saturated carbocycles. The van der Waals surface area contributed by atoms with Crippen LogP contribution in [0.25, 0.3) is 0 Å². The lowest BCUT2D eigenvalue weighted by Gasteiger charge is -2.30. The second-order valence-electron chi connectivity index (χ2n) is 12.8. The molecular weight excluding hydrogens is 400 g/mol. The Balaban J connectivity index is 2.75. The maximum absolute atomic E-state index is 11.3. The lowest BCUT2D eigenvalue weighted by atomic mass is 9.79. The minimum Gasteiger partial charge on any atom is -0.507 e. The molecule has 0 radical (unpaired) electrons. The van der Waals surface area contributed by atoms with Crippen molar-refractivity contribution in [2.24, 2.45) is 0 Å². The van der Waals surface area contributed by atoms with E-state index in [2.05, 4.69) is 107 Å². The van der Waals surface area contributed by atoms with E-state index < -0.39 is 0 Å². The molecule has 172 valence electrons. The standard InChI is InChI=1S/C28H42O2S/c1-25(2,3)18-13-14-21(22(24(18)30)28(10,11)12)31-17-15-19(26(4,5)6)23(29)20(16-17)27(7,8)9/h13-16,29-30H,1-12H3. The van der Waals surface area contributed by atoms with Crippen molar-refractivity contribution in [2.45, 2.75) is 115 Å². The molecule has 2 aromatic carbocycles.